The van der Waals surface area contributed by atoms with Crippen molar-refractivity contribution in [3.8, 4) is 0 Å². The largest absolute Gasteiger partial charge is 0.326 e. The number of carbonyl (C=O) groups excluding carboxylic acids is 2. The maximum absolute atomic E-state index is 13.3. The zero-order valence-corrected chi connectivity index (χ0v) is 17.8. The van der Waals surface area contributed by atoms with E-state index in [0.717, 1.165) is 6.07 Å². The summed E-state index contributed by atoms with van der Waals surface area (Å²) in [6.07, 6.45) is 1.07. The first-order valence-corrected chi connectivity index (χ1v) is 11.1. The Morgan fingerprint density at radius 2 is 1.77 bits per heavy atom. The summed E-state index contributed by atoms with van der Waals surface area (Å²) < 4.78 is 40.5. The molecule has 0 saturated carbocycles. The van der Waals surface area contributed by atoms with Crippen LogP contribution < -0.4 is 10.6 Å². The summed E-state index contributed by atoms with van der Waals surface area (Å²) in [5.41, 5.74) is 0.843. The molecule has 2 aromatic carbocycles. The zero-order valence-electron chi connectivity index (χ0n) is 16.2. The maximum Gasteiger partial charge on any atom is 0.243 e. The number of hydrogen-bond acceptors (Lipinski definition) is 4. The first-order chi connectivity index (χ1) is 14.2. The van der Waals surface area contributed by atoms with Crippen molar-refractivity contribution < 1.29 is 22.4 Å². The van der Waals surface area contributed by atoms with Gasteiger partial charge in [0.1, 0.15) is 5.82 Å². The number of rotatable bonds is 5. The van der Waals surface area contributed by atoms with Crippen molar-refractivity contribution in [2.24, 2.45) is 5.92 Å². The van der Waals surface area contributed by atoms with Gasteiger partial charge < -0.3 is 10.6 Å². The topological polar surface area (TPSA) is 95.6 Å². The molecule has 0 aromatic heterocycles. The van der Waals surface area contributed by atoms with E-state index in [1.54, 1.807) is 0 Å². The van der Waals surface area contributed by atoms with E-state index in [9.17, 15) is 22.4 Å². The van der Waals surface area contributed by atoms with Gasteiger partial charge in [0.05, 0.1) is 15.8 Å². The van der Waals surface area contributed by atoms with Crippen LogP contribution in [0.4, 0.5) is 15.8 Å². The quantitative estimate of drug-likeness (QED) is 0.724. The highest BCUT2D eigenvalue weighted by molar-refractivity contribution is 7.89. The predicted molar refractivity (Wildman–Crippen MR) is 112 cm³/mol. The summed E-state index contributed by atoms with van der Waals surface area (Å²) >= 11 is 5.74. The number of piperidine rings is 1. The standard InChI is InChI=1S/C20H21ClFN3O4S/c1-13(26)23-15-4-7-17(8-5-15)30(28,29)25-10-2-3-14(12-25)20(27)24-16-6-9-19(22)18(21)11-16/h4-9,11,14H,2-3,10,12H2,1H3,(H,23,26)(H,24,27). The first-order valence-electron chi connectivity index (χ1n) is 9.30. The molecule has 1 unspecified atom stereocenters. The molecule has 0 radical (unpaired) electrons. The SMILES string of the molecule is CC(=O)Nc1ccc(S(=O)(=O)N2CCCC(C(=O)Nc3ccc(F)c(Cl)c3)C2)cc1. The maximum atomic E-state index is 13.3. The molecule has 0 aliphatic carbocycles. The Labute approximate surface area is 179 Å². The molecule has 3 rings (SSSR count). The van der Waals surface area contributed by atoms with Crippen LogP contribution in [-0.2, 0) is 19.6 Å². The molecule has 160 valence electrons. The smallest absolute Gasteiger partial charge is 0.243 e. The third kappa shape index (κ3) is 5.16. The van der Waals surface area contributed by atoms with E-state index in [4.69, 9.17) is 11.6 Å². The molecule has 1 fully saturated rings. The van der Waals surface area contributed by atoms with Gasteiger partial charge in [-0.05, 0) is 55.3 Å². The minimum absolute atomic E-state index is 0.0382. The van der Waals surface area contributed by atoms with Gasteiger partial charge in [-0.15, -0.1) is 0 Å². The molecule has 7 nitrogen and oxygen atoms in total. The molecular weight excluding hydrogens is 433 g/mol. The number of nitrogens with one attached hydrogen (secondary N) is 2. The molecule has 2 amide bonds. The van der Waals surface area contributed by atoms with Gasteiger partial charge in [-0.25, -0.2) is 12.8 Å². The van der Waals surface area contributed by atoms with Crippen molar-refractivity contribution in [3.63, 3.8) is 0 Å². The summed E-state index contributed by atoms with van der Waals surface area (Å²) in [5.74, 6) is -1.73. The minimum Gasteiger partial charge on any atom is -0.326 e. The first kappa shape index (κ1) is 22.2. The molecule has 10 heteroatoms. The average molecular weight is 454 g/mol. The fraction of sp³-hybridized carbons (Fsp3) is 0.300. The third-order valence-electron chi connectivity index (χ3n) is 4.75. The Morgan fingerprint density at radius 3 is 2.40 bits per heavy atom. The van der Waals surface area contributed by atoms with Crippen LogP contribution in [0, 0.1) is 11.7 Å². The molecule has 1 saturated heterocycles. The van der Waals surface area contributed by atoms with Gasteiger partial charge in [-0.2, -0.15) is 4.31 Å². The molecule has 1 heterocycles. The van der Waals surface area contributed by atoms with Gasteiger partial charge in [0, 0.05) is 31.4 Å². The molecule has 1 aliphatic rings. The lowest BCUT2D eigenvalue weighted by atomic mass is 9.99. The number of amides is 2. The van der Waals surface area contributed by atoms with Crippen molar-refractivity contribution in [2.75, 3.05) is 23.7 Å². The average Bonchev–Trinajstić information content (AvgIpc) is 2.71. The normalized spacial score (nSPS) is 17.4. The highest BCUT2D eigenvalue weighted by atomic mass is 35.5. The number of anilines is 2. The van der Waals surface area contributed by atoms with Crippen LogP contribution in [0.25, 0.3) is 0 Å². The molecule has 0 bridgehead atoms. The van der Waals surface area contributed by atoms with E-state index in [-0.39, 0.29) is 28.3 Å². The summed E-state index contributed by atoms with van der Waals surface area (Å²) in [7, 11) is -3.79. The second kappa shape index (κ2) is 9.11. The van der Waals surface area contributed by atoms with Gasteiger partial charge in [-0.3, -0.25) is 9.59 Å². The van der Waals surface area contributed by atoms with Crippen LogP contribution >= 0.6 is 11.6 Å². The van der Waals surface area contributed by atoms with E-state index in [2.05, 4.69) is 10.6 Å². The lowest BCUT2D eigenvalue weighted by Gasteiger charge is -2.31. The third-order valence-corrected chi connectivity index (χ3v) is 6.92. The van der Waals surface area contributed by atoms with Crippen molar-refractivity contribution in [1.29, 1.82) is 0 Å². The number of nitrogens with zero attached hydrogens (tertiary/aromatic N) is 1. The number of hydrogen-bond donors (Lipinski definition) is 2. The Morgan fingerprint density at radius 1 is 1.10 bits per heavy atom. The van der Waals surface area contributed by atoms with Gasteiger partial charge in [0.2, 0.25) is 21.8 Å². The van der Waals surface area contributed by atoms with Crippen LogP contribution in [0.15, 0.2) is 47.4 Å². The molecule has 0 spiro atoms. The highest BCUT2D eigenvalue weighted by Gasteiger charge is 2.33. The minimum atomic E-state index is -3.79. The van der Waals surface area contributed by atoms with Crippen molar-refractivity contribution >= 4 is 44.8 Å². The van der Waals surface area contributed by atoms with Gasteiger partial charge in [-0.1, -0.05) is 11.6 Å². The van der Waals surface area contributed by atoms with E-state index in [0.29, 0.717) is 30.8 Å². The van der Waals surface area contributed by atoms with Crippen molar-refractivity contribution in [3.05, 3.63) is 53.3 Å². The molecule has 1 atom stereocenters. The van der Waals surface area contributed by atoms with E-state index >= 15 is 0 Å². The Kier molecular flexibility index (Phi) is 6.74. The second-order valence-electron chi connectivity index (χ2n) is 7.03. The summed E-state index contributed by atoms with van der Waals surface area (Å²) in [6, 6.07) is 9.73. The summed E-state index contributed by atoms with van der Waals surface area (Å²) in [4.78, 5) is 23.8. The number of sulfonamides is 1. The Balaban J connectivity index is 1.70. The highest BCUT2D eigenvalue weighted by Crippen LogP contribution is 2.26. The van der Waals surface area contributed by atoms with Crippen molar-refractivity contribution in [1.82, 2.24) is 4.31 Å². The monoisotopic (exact) mass is 453 g/mol. The molecule has 1 aliphatic heterocycles. The lowest BCUT2D eigenvalue weighted by Crippen LogP contribution is -2.43. The zero-order chi connectivity index (χ0) is 21.9. The van der Waals surface area contributed by atoms with Gasteiger partial charge in [0.15, 0.2) is 0 Å². The second-order valence-corrected chi connectivity index (χ2v) is 9.37. The Bertz CT molecular complexity index is 1060. The van der Waals surface area contributed by atoms with Crippen LogP contribution in [-0.4, -0.2) is 37.6 Å². The number of halogens is 2. The van der Waals surface area contributed by atoms with Crippen LogP contribution in [0.1, 0.15) is 19.8 Å². The van der Waals surface area contributed by atoms with E-state index in [1.807, 2.05) is 0 Å². The van der Waals surface area contributed by atoms with Crippen molar-refractivity contribution in [2.45, 2.75) is 24.7 Å². The number of carbonyl (C=O) groups is 2. The van der Waals surface area contributed by atoms with Crippen LogP contribution in [0.5, 0.6) is 0 Å². The Hall–Kier alpha value is -2.49. The van der Waals surface area contributed by atoms with E-state index in [1.165, 1.54) is 47.6 Å². The molecule has 2 aromatic rings. The summed E-state index contributed by atoms with van der Waals surface area (Å²) in [6.45, 7) is 1.71. The fourth-order valence-corrected chi connectivity index (χ4v) is 4.96. The van der Waals surface area contributed by atoms with Gasteiger partial charge >= 0.3 is 0 Å². The fourth-order valence-electron chi connectivity index (χ4n) is 3.26. The van der Waals surface area contributed by atoms with Gasteiger partial charge in [0.25, 0.3) is 0 Å². The molecule has 30 heavy (non-hydrogen) atoms. The van der Waals surface area contributed by atoms with Crippen LogP contribution in [0.3, 0.4) is 0 Å². The number of benzene rings is 2. The predicted octanol–water partition coefficient (Wildman–Crippen LogP) is 3.48. The van der Waals surface area contributed by atoms with Crippen LogP contribution in [0.2, 0.25) is 5.02 Å². The summed E-state index contributed by atoms with van der Waals surface area (Å²) in [5, 5.41) is 5.14. The molecule has 2 N–H and O–H groups in total. The van der Waals surface area contributed by atoms with E-state index < -0.39 is 21.8 Å². The lowest BCUT2D eigenvalue weighted by molar-refractivity contribution is -0.121. The molecular formula is C20H21ClFN3O4S.